The molecule has 0 saturated carbocycles. The lowest BCUT2D eigenvalue weighted by atomic mass is 10.0. The van der Waals surface area contributed by atoms with Crippen LogP contribution in [0.3, 0.4) is 0 Å². The highest BCUT2D eigenvalue weighted by Gasteiger charge is 2.41. The number of nitrogens with one attached hydrogen (secondary N) is 2. The van der Waals surface area contributed by atoms with E-state index in [0.717, 1.165) is 60.8 Å². The SMILES string of the molecule is CC(=O)O.COc1cc(NC(=O)OC[C@@H](C)SSc2ccc([N+](=O)[O-])cc2)c(C(=O)N2C=C(c3ccc4ncccc4c3)C[C@H]2CO)cc1OC.COc1cc(NC(=O)OC[C@@H](C)SSc2ccc([N+](=O)[O-])cc2)c(C(=O)N2C=C(c3ccc4ncccc4c3)C[C@H]2CO[Si](C)(C)C(C)(C)C)cc1OC. The second-order valence-electron chi connectivity index (χ2n) is 25.5. The topological polar surface area (TPSA) is 333 Å². The summed E-state index contributed by atoms with van der Waals surface area (Å²) in [4.78, 5) is 98.4. The standard InChI is InChI=1S/C39H46N4O8S2Si.C33H32N4O8S2.C2H4O2/c1-25(52-53-31-14-12-29(13-15-31)43(46)47)23-50-38(45)41-34-21-36(49-6)35(48-5)20-32(34)37(44)42-22-28(19-30(42)24-51-54(7,8)39(2,3)4)26-11-16-33-27(18-26)10-9-17-40-33;1-20(46-47-26-9-7-24(8-10-26)37(41)42)19-45-33(40)35-29-16-31(44-3)30(43-2)15-27(29)32(39)36-17-23(14-25(36)18-38)21-6-11-28-22(13-21)5-4-12-34-28;1-2(3)4/h9-18,20-22,25,30H,19,23-24H2,1-8H3,(H,41,45);4-13,15-17,20,25,38H,14,18-19H2,1-3H3,(H,35,40);1H3,(H,3,4)/t25-,30+;20-,25+;/m11./s1. The van der Waals surface area contributed by atoms with Gasteiger partial charge >= 0.3 is 12.2 Å². The number of benzene rings is 6. The number of methoxy groups -OCH3 is 4. The summed E-state index contributed by atoms with van der Waals surface area (Å²) in [6, 6.07) is 37.3. The number of rotatable bonds is 26. The molecule has 26 nitrogen and oxygen atoms in total. The highest BCUT2D eigenvalue weighted by Crippen LogP contribution is 2.43. The zero-order chi connectivity index (χ0) is 76.3. The highest BCUT2D eigenvalue weighted by molar-refractivity contribution is 8.77. The molecule has 0 spiro atoms. The third kappa shape index (κ3) is 21.9. The van der Waals surface area contributed by atoms with Crippen LogP contribution in [0.15, 0.2) is 168 Å². The number of pyridine rings is 2. The molecule has 105 heavy (non-hydrogen) atoms. The van der Waals surface area contributed by atoms with Gasteiger partial charge in [-0.3, -0.25) is 55.2 Å². The Morgan fingerprint density at radius 3 is 1.35 bits per heavy atom. The van der Waals surface area contributed by atoms with Crippen molar-refractivity contribution in [3.05, 3.63) is 201 Å². The van der Waals surface area contributed by atoms with Crippen LogP contribution in [0.4, 0.5) is 32.3 Å². The molecule has 4 atom stereocenters. The number of carboxylic acid groups (broad SMARTS) is 1. The van der Waals surface area contributed by atoms with Crippen LogP contribution < -0.4 is 29.6 Å². The first-order chi connectivity index (χ1) is 50.0. The molecular formula is C74H82N8O18S4Si. The summed E-state index contributed by atoms with van der Waals surface area (Å²) in [7, 11) is 9.41. The molecule has 2 aromatic heterocycles. The van der Waals surface area contributed by atoms with Crippen LogP contribution in [0.1, 0.15) is 86.2 Å². The second kappa shape index (κ2) is 37.2. The van der Waals surface area contributed by atoms with Gasteiger partial charge in [0.15, 0.2) is 31.3 Å². The van der Waals surface area contributed by atoms with E-state index in [4.69, 9.17) is 42.7 Å². The highest BCUT2D eigenvalue weighted by atomic mass is 33.1. The van der Waals surface area contributed by atoms with Crippen LogP contribution in [-0.2, 0) is 18.7 Å². The lowest BCUT2D eigenvalue weighted by Crippen LogP contribution is -2.45. The van der Waals surface area contributed by atoms with E-state index in [1.54, 1.807) is 59.9 Å². The van der Waals surface area contributed by atoms with Crippen molar-refractivity contribution in [2.24, 2.45) is 0 Å². The number of hydrogen-bond donors (Lipinski definition) is 4. The molecule has 0 saturated heterocycles. The first-order valence-electron chi connectivity index (χ1n) is 32.8. The van der Waals surface area contributed by atoms with Crippen LogP contribution in [-0.4, -0.2) is 156 Å². The van der Waals surface area contributed by atoms with E-state index < -0.39 is 48.3 Å². The average Bonchev–Trinajstić information content (AvgIpc) is 1.64. The van der Waals surface area contributed by atoms with Crippen molar-refractivity contribution in [3.63, 3.8) is 0 Å². The van der Waals surface area contributed by atoms with Crippen molar-refractivity contribution in [3.8, 4) is 23.0 Å². The number of fused-ring (bicyclic) bond motifs is 2. The first-order valence-corrected chi connectivity index (χ1v) is 40.1. The first kappa shape index (κ1) is 80.8. The van der Waals surface area contributed by atoms with Gasteiger partial charge in [0.2, 0.25) is 0 Å². The Morgan fingerprint density at radius 1 is 0.600 bits per heavy atom. The quantitative estimate of drug-likeness (QED) is 0.0169. The predicted octanol–water partition coefficient (Wildman–Crippen LogP) is 16.7. The third-order valence-corrected chi connectivity index (χ3v) is 27.2. The van der Waals surface area contributed by atoms with Crippen molar-refractivity contribution in [1.29, 1.82) is 0 Å². The summed E-state index contributed by atoms with van der Waals surface area (Å²) in [5, 5.41) is 46.6. The van der Waals surface area contributed by atoms with Gasteiger partial charge in [-0.1, -0.05) is 88.2 Å². The summed E-state index contributed by atoms with van der Waals surface area (Å²) in [5.74, 6) is -0.407. The van der Waals surface area contributed by atoms with Gasteiger partial charge in [0.25, 0.3) is 29.2 Å². The Kier molecular flexibility index (Phi) is 28.6. The number of amides is 4. The molecule has 0 aliphatic carbocycles. The largest absolute Gasteiger partial charge is 0.493 e. The van der Waals surface area contributed by atoms with E-state index in [9.17, 15) is 44.5 Å². The van der Waals surface area contributed by atoms with Gasteiger partial charge in [0.1, 0.15) is 13.2 Å². The lowest BCUT2D eigenvalue weighted by molar-refractivity contribution is -0.385. The van der Waals surface area contributed by atoms with Gasteiger partial charge in [0, 0.05) is 99.2 Å². The van der Waals surface area contributed by atoms with Crippen molar-refractivity contribution in [2.75, 3.05) is 65.5 Å². The van der Waals surface area contributed by atoms with E-state index in [0.29, 0.717) is 36.7 Å². The number of aliphatic hydroxyl groups excluding tert-OH is 1. The number of hydrogen-bond acceptors (Lipinski definition) is 23. The van der Waals surface area contributed by atoms with Crippen LogP contribution in [0.25, 0.3) is 33.0 Å². The molecule has 6 aromatic carbocycles. The van der Waals surface area contributed by atoms with Gasteiger partial charge in [-0.05, 0) is 140 Å². The summed E-state index contributed by atoms with van der Waals surface area (Å²) < 4.78 is 39.7. The van der Waals surface area contributed by atoms with Crippen LogP contribution in [0.2, 0.25) is 18.1 Å². The van der Waals surface area contributed by atoms with Gasteiger partial charge < -0.3 is 52.9 Å². The van der Waals surface area contributed by atoms with E-state index >= 15 is 0 Å². The number of nitrogens with zero attached hydrogens (tertiary/aromatic N) is 6. The summed E-state index contributed by atoms with van der Waals surface area (Å²) >= 11 is 0. The summed E-state index contributed by atoms with van der Waals surface area (Å²) in [6.07, 6.45) is 6.56. The number of anilines is 2. The fourth-order valence-corrected chi connectivity index (χ4v) is 15.4. The second-order valence-corrected chi connectivity index (χ2v) is 35.7. The van der Waals surface area contributed by atoms with Gasteiger partial charge in [-0.15, -0.1) is 0 Å². The molecule has 554 valence electrons. The number of ether oxygens (including phenoxy) is 6. The number of aromatic nitrogens is 2. The number of nitro benzene ring substituents is 2. The maximum absolute atomic E-state index is 14.7. The summed E-state index contributed by atoms with van der Waals surface area (Å²) in [6.45, 7) is 16.0. The minimum atomic E-state index is -2.17. The third-order valence-electron chi connectivity index (χ3n) is 17.0. The molecule has 2 aliphatic rings. The molecule has 0 fully saturated rings. The minimum Gasteiger partial charge on any atom is -0.493 e. The van der Waals surface area contributed by atoms with E-state index in [1.807, 2.05) is 74.6 Å². The Labute approximate surface area is 624 Å². The zero-order valence-electron chi connectivity index (χ0n) is 59.8. The van der Waals surface area contributed by atoms with Gasteiger partial charge in [-0.25, -0.2) is 9.59 Å². The van der Waals surface area contributed by atoms with Gasteiger partial charge in [0.05, 0.1) is 97.1 Å². The maximum atomic E-state index is 14.7. The molecule has 0 radical (unpaired) electrons. The molecule has 8 aromatic rings. The number of non-ortho nitro benzene ring substituents is 2. The number of aliphatic carboxylic acids is 1. The number of carboxylic acids is 1. The average molecular weight is 1530 g/mol. The number of nitro groups is 2. The van der Waals surface area contributed by atoms with Crippen LogP contribution >= 0.6 is 43.2 Å². The Hall–Kier alpha value is -9.89. The Bertz CT molecular complexity index is 4520. The molecule has 0 bridgehead atoms. The molecule has 31 heteroatoms. The molecule has 4 N–H and O–H groups in total. The number of carbonyl (C=O) groups is 5. The van der Waals surface area contributed by atoms with Gasteiger partial charge in [-0.2, -0.15) is 0 Å². The number of carbonyl (C=O) groups excluding carboxylic acids is 4. The molecule has 0 unspecified atom stereocenters. The van der Waals surface area contributed by atoms with Crippen LogP contribution in [0, 0.1) is 20.2 Å². The predicted molar refractivity (Wildman–Crippen MR) is 413 cm³/mol. The van der Waals surface area contributed by atoms with Crippen molar-refractivity contribution in [1.82, 2.24) is 19.8 Å². The monoisotopic (exact) mass is 1530 g/mol. The Balaban J connectivity index is 0.000000255. The maximum Gasteiger partial charge on any atom is 0.411 e. The fraction of sp³-hybridized carbons (Fsp3) is 0.311. The van der Waals surface area contributed by atoms with Crippen LogP contribution in [0.5, 0.6) is 23.0 Å². The van der Waals surface area contributed by atoms with Crippen molar-refractivity contribution < 1.29 is 76.9 Å². The molecule has 4 amide bonds. The van der Waals surface area contributed by atoms with Crippen molar-refractivity contribution >= 4 is 137 Å². The number of aliphatic hydroxyl groups is 1. The molecule has 4 heterocycles. The normalized spacial score (nSPS) is 14.6. The zero-order valence-corrected chi connectivity index (χ0v) is 64.1. The fourth-order valence-electron chi connectivity index (χ4n) is 10.4. The molecule has 2 aliphatic heterocycles. The van der Waals surface area contributed by atoms with E-state index in [1.165, 1.54) is 113 Å². The minimum absolute atomic E-state index is 0.0104. The smallest absolute Gasteiger partial charge is 0.411 e. The van der Waals surface area contributed by atoms with E-state index in [2.05, 4.69) is 60.5 Å². The molecular weight excluding hydrogens is 1450 g/mol. The summed E-state index contributed by atoms with van der Waals surface area (Å²) in [5.41, 5.74) is 6.16. The van der Waals surface area contributed by atoms with E-state index in [-0.39, 0.29) is 86.9 Å². The Morgan fingerprint density at radius 2 is 0.981 bits per heavy atom. The molecule has 10 rings (SSSR count). The van der Waals surface area contributed by atoms with Crippen molar-refractivity contribution in [2.45, 2.75) is 105 Å². The lowest BCUT2D eigenvalue weighted by Gasteiger charge is -2.38.